The number of ether oxygens (including phenoxy) is 2. The van der Waals surface area contributed by atoms with Crippen molar-refractivity contribution in [2.75, 3.05) is 44.5 Å². The van der Waals surface area contributed by atoms with Gasteiger partial charge in [0.2, 0.25) is 5.88 Å². The third-order valence-electron chi connectivity index (χ3n) is 4.38. The van der Waals surface area contributed by atoms with Crippen LogP contribution in [0.3, 0.4) is 0 Å². The summed E-state index contributed by atoms with van der Waals surface area (Å²) in [5, 5.41) is 11.1. The Kier molecular flexibility index (Phi) is 5.95. The van der Waals surface area contributed by atoms with E-state index < -0.39 is 0 Å². The molecule has 1 aliphatic rings. The molecule has 1 aliphatic heterocycles. The van der Waals surface area contributed by atoms with E-state index in [1.54, 1.807) is 18.1 Å². The third kappa shape index (κ3) is 4.99. The number of amides is 2. The molecule has 1 saturated heterocycles. The van der Waals surface area contributed by atoms with Crippen LogP contribution in [0.4, 0.5) is 16.3 Å². The van der Waals surface area contributed by atoms with Crippen LogP contribution >= 0.6 is 0 Å². The number of hydrogen-bond donors (Lipinski definition) is 1. The molecule has 2 amide bonds. The van der Waals surface area contributed by atoms with Gasteiger partial charge in [0.05, 0.1) is 13.7 Å². The van der Waals surface area contributed by atoms with E-state index in [-0.39, 0.29) is 12.1 Å². The molecule has 8 heteroatoms. The Balaban J connectivity index is 1.55. The molecule has 27 heavy (non-hydrogen) atoms. The van der Waals surface area contributed by atoms with Crippen LogP contribution in [0.5, 0.6) is 11.6 Å². The number of likely N-dealkylation sites (tertiary alicyclic amines) is 1. The minimum absolute atomic E-state index is 0.0973. The lowest BCUT2D eigenvalue weighted by Gasteiger charge is -2.32. The highest BCUT2D eigenvalue weighted by molar-refractivity contribution is 5.89. The van der Waals surface area contributed by atoms with Gasteiger partial charge in [-0.3, -0.25) is 0 Å². The molecule has 1 unspecified atom stereocenters. The summed E-state index contributed by atoms with van der Waals surface area (Å²) in [6.07, 6.45) is 1.66. The molecular formula is C19H25N5O3. The number of aromatic nitrogens is 2. The maximum Gasteiger partial charge on any atom is 0.321 e. The summed E-state index contributed by atoms with van der Waals surface area (Å²) in [5.41, 5.74) is 0.731. The second-order valence-electron chi connectivity index (χ2n) is 6.61. The van der Waals surface area contributed by atoms with E-state index in [2.05, 4.69) is 15.5 Å². The SMILES string of the molecule is COc1ccc(NC(=O)N2CCCC(Oc3ccc(N(C)C)nn3)C2)cc1. The lowest BCUT2D eigenvalue weighted by atomic mass is 10.1. The zero-order chi connectivity index (χ0) is 19.2. The molecule has 2 heterocycles. The summed E-state index contributed by atoms with van der Waals surface area (Å²) < 4.78 is 11.0. The standard InChI is InChI=1S/C19H25N5O3/c1-23(2)17-10-11-18(22-21-17)27-16-5-4-12-24(13-16)19(25)20-14-6-8-15(26-3)9-7-14/h6-11,16H,4-5,12-13H2,1-3H3,(H,20,25). The Morgan fingerprint density at radius 1 is 1.19 bits per heavy atom. The zero-order valence-corrected chi connectivity index (χ0v) is 15.9. The molecular weight excluding hydrogens is 346 g/mol. The van der Waals surface area contributed by atoms with E-state index in [4.69, 9.17) is 9.47 Å². The van der Waals surface area contributed by atoms with Crippen LogP contribution in [0.1, 0.15) is 12.8 Å². The summed E-state index contributed by atoms with van der Waals surface area (Å²) in [6, 6.07) is 10.8. The molecule has 0 saturated carbocycles. The van der Waals surface area contributed by atoms with Gasteiger partial charge in [0.15, 0.2) is 5.82 Å². The zero-order valence-electron chi connectivity index (χ0n) is 15.9. The first-order valence-corrected chi connectivity index (χ1v) is 8.93. The lowest BCUT2D eigenvalue weighted by Crippen LogP contribution is -2.46. The Bertz CT molecular complexity index is 749. The van der Waals surface area contributed by atoms with Crippen LogP contribution in [-0.4, -0.2) is 61.5 Å². The normalized spacial score (nSPS) is 16.6. The number of carbonyl (C=O) groups excluding carboxylic acids is 1. The Morgan fingerprint density at radius 2 is 1.96 bits per heavy atom. The van der Waals surface area contributed by atoms with Crippen LogP contribution in [0, 0.1) is 0 Å². The minimum Gasteiger partial charge on any atom is -0.497 e. The molecule has 3 rings (SSSR count). The number of rotatable bonds is 5. The summed E-state index contributed by atoms with van der Waals surface area (Å²) >= 11 is 0. The van der Waals surface area contributed by atoms with Crippen molar-refractivity contribution in [3.8, 4) is 11.6 Å². The van der Waals surface area contributed by atoms with Gasteiger partial charge in [-0.2, -0.15) is 0 Å². The topological polar surface area (TPSA) is 79.8 Å². The van der Waals surface area contributed by atoms with Gasteiger partial charge < -0.3 is 24.6 Å². The number of piperidine rings is 1. The lowest BCUT2D eigenvalue weighted by molar-refractivity contribution is 0.102. The average molecular weight is 371 g/mol. The highest BCUT2D eigenvalue weighted by atomic mass is 16.5. The highest BCUT2D eigenvalue weighted by Gasteiger charge is 2.25. The van der Waals surface area contributed by atoms with E-state index in [1.165, 1.54) is 0 Å². The number of urea groups is 1. The maximum absolute atomic E-state index is 12.5. The summed E-state index contributed by atoms with van der Waals surface area (Å²) in [7, 11) is 5.43. The highest BCUT2D eigenvalue weighted by Crippen LogP contribution is 2.20. The molecule has 144 valence electrons. The number of benzene rings is 1. The molecule has 1 N–H and O–H groups in total. The number of anilines is 2. The van der Waals surface area contributed by atoms with Crippen molar-refractivity contribution in [2.24, 2.45) is 0 Å². The average Bonchev–Trinajstić information content (AvgIpc) is 2.69. The number of nitrogens with zero attached hydrogens (tertiary/aromatic N) is 4. The van der Waals surface area contributed by atoms with Gasteiger partial charge in [0, 0.05) is 32.4 Å². The monoisotopic (exact) mass is 371 g/mol. The molecule has 8 nitrogen and oxygen atoms in total. The van der Waals surface area contributed by atoms with Crippen molar-refractivity contribution in [1.82, 2.24) is 15.1 Å². The second-order valence-corrected chi connectivity index (χ2v) is 6.61. The van der Waals surface area contributed by atoms with Gasteiger partial charge in [-0.1, -0.05) is 0 Å². The van der Waals surface area contributed by atoms with Crippen molar-refractivity contribution in [3.05, 3.63) is 36.4 Å². The first kappa shape index (κ1) is 18.8. The van der Waals surface area contributed by atoms with Crippen LogP contribution in [0.15, 0.2) is 36.4 Å². The smallest absolute Gasteiger partial charge is 0.321 e. The molecule has 1 fully saturated rings. The summed E-state index contributed by atoms with van der Waals surface area (Å²) in [5.74, 6) is 2.00. The predicted octanol–water partition coefficient (Wildman–Crippen LogP) is 2.63. The van der Waals surface area contributed by atoms with E-state index in [0.29, 0.717) is 19.0 Å². The van der Waals surface area contributed by atoms with Crippen molar-refractivity contribution in [2.45, 2.75) is 18.9 Å². The Morgan fingerprint density at radius 3 is 2.59 bits per heavy atom. The van der Waals surface area contributed by atoms with Crippen LogP contribution in [0.25, 0.3) is 0 Å². The summed E-state index contributed by atoms with van der Waals surface area (Å²) in [6.45, 7) is 1.21. The van der Waals surface area contributed by atoms with E-state index in [1.807, 2.05) is 49.3 Å². The fourth-order valence-corrected chi connectivity index (χ4v) is 2.88. The van der Waals surface area contributed by atoms with Gasteiger partial charge >= 0.3 is 6.03 Å². The molecule has 2 aromatic rings. The molecule has 0 spiro atoms. The van der Waals surface area contributed by atoms with E-state index >= 15 is 0 Å². The van der Waals surface area contributed by atoms with Crippen LogP contribution in [-0.2, 0) is 0 Å². The maximum atomic E-state index is 12.5. The quantitative estimate of drug-likeness (QED) is 0.870. The first-order chi connectivity index (χ1) is 13.0. The van der Waals surface area contributed by atoms with E-state index in [9.17, 15) is 4.79 Å². The number of nitrogens with one attached hydrogen (secondary N) is 1. The van der Waals surface area contributed by atoms with Crippen molar-refractivity contribution < 1.29 is 14.3 Å². The third-order valence-corrected chi connectivity index (χ3v) is 4.38. The second kappa shape index (κ2) is 8.57. The molecule has 1 aromatic carbocycles. The van der Waals surface area contributed by atoms with Crippen molar-refractivity contribution in [3.63, 3.8) is 0 Å². The number of carbonyl (C=O) groups is 1. The van der Waals surface area contributed by atoms with Gasteiger partial charge in [-0.15, -0.1) is 10.2 Å². The van der Waals surface area contributed by atoms with Crippen molar-refractivity contribution in [1.29, 1.82) is 0 Å². The largest absolute Gasteiger partial charge is 0.497 e. The number of methoxy groups -OCH3 is 1. The van der Waals surface area contributed by atoms with Gasteiger partial charge in [0.25, 0.3) is 0 Å². The Labute approximate surface area is 159 Å². The van der Waals surface area contributed by atoms with Crippen molar-refractivity contribution >= 4 is 17.5 Å². The predicted molar refractivity (Wildman–Crippen MR) is 104 cm³/mol. The van der Waals surface area contributed by atoms with Gasteiger partial charge in [0.1, 0.15) is 11.9 Å². The van der Waals surface area contributed by atoms with Crippen LogP contribution in [0.2, 0.25) is 0 Å². The first-order valence-electron chi connectivity index (χ1n) is 8.93. The fourth-order valence-electron chi connectivity index (χ4n) is 2.88. The van der Waals surface area contributed by atoms with Gasteiger partial charge in [-0.25, -0.2) is 4.79 Å². The van der Waals surface area contributed by atoms with Crippen LogP contribution < -0.4 is 19.7 Å². The molecule has 1 aromatic heterocycles. The fraction of sp³-hybridized carbons (Fsp3) is 0.421. The van der Waals surface area contributed by atoms with E-state index in [0.717, 1.165) is 30.1 Å². The number of hydrogen-bond acceptors (Lipinski definition) is 6. The Hall–Kier alpha value is -3.03. The minimum atomic E-state index is -0.137. The molecule has 1 atom stereocenters. The molecule has 0 aliphatic carbocycles. The molecule has 0 radical (unpaired) electrons. The summed E-state index contributed by atoms with van der Waals surface area (Å²) in [4.78, 5) is 16.2. The molecule has 0 bridgehead atoms. The van der Waals surface area contributed by atoms with Gasteiger partial charge in [-0.05, 0) is 43.2 Å².